The minimum Gasteiger partial charge on any atom is -0.462 e. The molecule has 1 heterocycles. The van der Waals surface area contributed by atoms with Crippen molar-refractivity contribution in [2.45, 2.75) is 44.9 Å². The van der Waals surface area contributed by atoms with Gasteiger partial charge in [-0.3, -0.25) is 4.79 Å². The molecule has 0 aliphatic rings. The summed E-state index contributed by atoms with van der Waals surface area (Å²) in [4.78, 5) is 32.8. The lowest BCUT2D eigenvalue weighted by Crippen LogP contribution is -2.32. The van der Waals surface area contributed by atoms with Crippen LogP contribution in [-0.4, -0.2) is 46.9 Å². The molecule has 0 aromatic carbocycles. The second kappa shape index (κ2) is 10.2. The third kappa shape index (κ3) is 7.94. The first-order chi connectivity index (χ1) is 12.6. The number of carbonyl (C=O) groups excluding carboxylic acids is 2. The summed E-state index contributed by atoms with van der Waals surface area (Å²) in [5, 5.41) is 3.36. The van der Waals surface area contributed by atoms with E-state index in [9.17, 15) is 14.0 Å². The molecule has 1 unspecified atom stereocenters. The van der Waals surface area contributed by atoms with Gasteiger partial charge in [0.1, 0.15) is 17.0 Å². The van der Waals surface area contributed by atoms with Crippen molar-refractivity contribution in [2.24, 2.45) is 5.92 Å². The number of nitrogens with one attached hydrogen (secondary N) is 1. The Morgan fingerprint density at radius 1 is 1.41 bits per heavy atom. The summed E-state index contributed by atoms with van der Waals surface area (Å²) in [5.74, 6) is -2.40. The number of carbonyl (C=O) groups is 2. The highest BCUT2D eigenvalue weighted by molar-refractivity contribution is 7.98. The Hall–Kier alpha value is -2.16. The van der Waals surface area contributed by atoms with E-state index in [-0.39, 0.29) is 31.0 Å². The number of hydrogen-bond donors (Lipinski definition) is 1. The molecule has 0 spiro atoms. The fourth-order valence-corrected chi connectivity index (χ4v) is 2.41. The van der Waals surface area contributed by atoms with Crippen LogP contribution in [0.4, 0.5) is 10.2 Å². The number of nitrogens with zero attached hydrogens (tertiary/aromatic N) is 2. The van der Waals surface area contributed by atoms with E-state index < -0.39 is 29.3 Å². The highest BCUT2D eigenvalue weighted by atomic mass is 32.2. The Labute approximate surface area is 163 Å². The van der Waals surface area contributed by atoms with Gasteiger partial charge < -0.3 is 14.8 Å². The van der Waals surface area contributed by atoms with Crippen LogP contribution >= 0.6 is 11.8 Å². The van der Waals surface area contributed by atoms with Crippen LogP contribution in [0, 0.1) is 5.92 Å². The number of hydrogen-bond acceptors (Lipinski definition) is 8. The van der Waals surface area contributed by atoms with E-state index >= 15 is 0 Å². The molecule has 150 valence electrons. The standard InChI is InChI=1S/C18H26FN3O4S/c1-7-25-16(24)13-10-21-17(27-6)22-14(13)20-9-12(8-11(2)19)15(23)26-18(3,4)5/h10,12H,2,7-9H2,1,3-6H3,(H,20,21,22). The fourth-order valence-electron chi connectivity index (χ4n) is 2.07. The Morgan fingerprint density at radius 2 is 2.07 bits per heavy atom. The largest absolute Gasteiger partial charge is 0.462 e. The number of allylic oxidation sites excluding steroid dienone is 1. The lowest BCUT2D eigenvalue weighted by atomic mass is 10.0. The van der Waals surface area contributed by atoms with Crippen molar-refractivity contribution in [1.82, 2.24) is 9.97 Å². The molecule has 0 saturated heterocycles. The van der Waals surface area contributed by atoms with Crippen molar-refractivity contribution in [3.8, 4) is 0 Å². The van der Waals surface area contributed by atoms with E-state index in [0.29, 0.717) is 5.16 Å². The van der Waals surface area contributed by atoms with Crippen molar-refractivity contribution in [2.75, 3.05) is 24.7 Å². The fraction of sp³-hybridized carbons (Fsp3) is 0.556. The van der Waals surface area contributed by atoms with Gasteiger partial charge in [0.2, 0.25) is 0 Å². The van der Waals surface area contributed by atoms with Crippen molar-refractivity contribution < 1.29 is 23.5 Å². The lowest BCUT2D eigenvalue weighted by molar-refractivity contribution is -0.159. The monoisotopic (exact) mass is 399 g/mol. The third-order valence-corrected chi connectivity index (χ3v) is 3.73. The maximum absolute atomic E-state index is 13.4. The van der Waals surface area contributed by atoms with Crippen molar-refractivity contribution in [1.29, 1.82) is 0 Å². The molecule has 1 rings (SSSR count). The van der Waals surface area contributed by atoms with E-state index in [1.165, 1.54) is 18.0 Å². The number of thioether (sulfide) groups is 1. The van der Waals surface area contributed by atoms with Crippen LogP contribution in [0.1, 0.15) is 44.5 Å². The molecule has 0 radical (unpaired) electrons. The van der Waals surface area contributed by atoms with Gasteiger partial charge in [0.25, 0.3) is 0 Å². The summed E-state index contributed by atoms with van der Waals surface area (Å²) >= 11 is 1.30. The van der Waals surface area contributed by atoms with Crippen LogP contribution in [0.15, 0.2) is 23.8 Å². The summed E-state index contributed by atoms with van der Waals surface area (Å²) in [5.41, 5.74) is -0.569. The second-order valence-electron chi connectivity index (χ2n) is 6.67. The molecule has 0 saturated carbocycles. The molecule has 1 atom stereocenters. The van der Waals surface area contributed by atoms with Gasteiger partial charge in [-0.15, -0.1) is 0 Å². The number of esters is 2. The highest BCUT2D eigenvalue weighted by Crippen LogP contribution is 2.21. The summed E-state index contributed by atoms with van der Waals surface area (Å²) < 4.78 is 23.7. The number of ether oxygens (including phenoxy) is 2. The predicted octanol–water partition coefficient (Wildman–Crippen LogP) is 3.62. The SMILES string of the molecule is C=C(F)CC(CNc1nc(SC)ncc1C(=O)OCC)C(=O)OC(C)(C)C. The second-order valence-corrected chi connectivity index (χ2v) is 7.45. The highest BCUT2D eigenvalue weighted by Gasteiger charge is 2.27. The molecule has 0 amide bonds. The van der Waals surface area contributed by atoms with Gasteiger partial charge >= 0.3 is 11.9 Å². The Bertz CT molecular complexity index is 692. The molecule has 27 heavy (non-hydrogen) atoms. The molecule has 0 aliphatic carbocycles. The van der Waals surface area contributed by atoms with E-state index in [0.717, 1.165) is 0 Å². The van der Waals surface area contributed by atoms with Gasteiger partial charge in [-0.2, -0.15) is 0 Å². The smallest absolute Gasteiger partial charge is 0.343 e. The predicted molar refractivity (Wildman–Crippen MR) is 102 cm³/mol. The summed E-state index contributed by atoms with van der Waals surface area (Å²) in [6, 6.07) is 0. The maximum atomic E-state index is 13.4. The molecule has 0 fully saturated rings. The van der Waals surface area contributed by atoms with Gasteiger partial charge in [0, 0.05) is 19.2 Å². The first-order valence-electron chi connectivity index (χ1n) is 8.45. The lowest BCUT2D eigenvalue weighted by Gasteiger charge is -2.24. The van der Waals surface area contributed by atoms with E-state index in [1.54, 1.807) is 34.0 Å². The molecule has 9 heteroatoms. The molecular formula is C18H26FN3O4S. The molecule has 0 aliphatic heterocycles. The van der Waals surface area contributed by atoms with Crippen LogP contribution in [0.2, 0.25) is 0 Å². The molecular weight excluding hydrogens is 373 g/mol. The quantitative estimate of drug-likeness (QED) is 0.383. The van der Waals surface area contributed by atoms with Gasteiger partial charge in [-0.05, 0) is 34.0 Å². The zero-order chi connectivity index (χ0) is 20.6. The van der Waals surface area contributed by atoms with Crippen LogP contribution in [0.25, 0.3) is 0 Å². The minimum atomic E-state index is -0.829. The Morgan fingerprint density at radius 3 is 2.59 bits per heavy atom. The zero-order valence-electron chi connectivity index (χ0n) is 16.3. The van der Waals surface area contributed by atoms with E-state index in [1.807, 2.05) is 0 Å². The number of halogens is 1. The number of rotatable bonds is 9. The van der Waals surface area contributed by atoms with Crippen molar-refractivity contribution >= 4 is 29.5 Å². The first-order valence-corrected chi connectivity index (χ1v) is 9.68. The average Bonchev–Trinajstić information content (AvgIpc) is 2.56. The van der Waals surface area contributed by atoms with Gasteiger partial charge in [0.15, 0.2) is 5.16 Å². The van der Waals surface area contributed by atoms with Crippen LogP contribution < -0.4 is 5.32 Å². The van der Waals surface area contributed by atoms with E-state index in [4.69, 9.17) is 9.47 Å². The number of anilines is 1. The maximum Gasteiger partial charge on any atom is 0.343 e. The average molecular weight is 399 g/mol. The van der Waals surface area contributed by atoms with Crippen molar-refractivity contribution in [3.63, 3.8) is 0 Å². The summed E-state index contributed by atoms with van der Waals surface area (Å²) in [6.07, 6.45) is 2.95. The molecule has 1 N–H and O–H groups in total. The number of aromatic nitrogens is 2. The third-order valence-electron chi connectivity index (χ3n) is 3.17. The summed E-state index contributed by atoms with van der Waals surface area (Å²) in [6.45, 7) is 10.3. The van der Waals surface area contributed by atoms with E-state index in [2.05, 4.69) is 21.9 Å². The van der Waals surface area contributed by atoms with Crippen LogP contribution in [0.5, 0.6) is 0 Å². The van der Waals surface area contributed by atoms with Gasteiger partial charge in [0.05, 0.1) is 18.4 Å². The summed E-state index contributed by atoms with van der Waals surface area (Å²) in [7, 11) is 0. The van der Waals surface area contributed by atoms with Crippen LogP contribution in [-0.2, 0) is 14.3 Å². The topological polar surface area (TPSA) is 90.4 Å². The molecule has 1 aromatic heterocycles. The van der Waals surface area contributed by atoms with Gasteiger partial charge in [-0.1, -0.05) is 18.3 Å². The molecule has 7 nitrogen and oxygen atoms in total. The van der Waals surface area contributed by atoms with Gasteiger partial charge in [-0.25, -0.2) is 19.2 Å². The Balaban J connectivity index is 3.03. The Kier molecular flexibility index (Phi) is 8.68. The molecule has 1 aromatic rings. The zero-order valence-corrected chi connectivity index (χ0v) is 17.1. The first kappa shape index (κ1) is 22.9. The van der Waals surface area contributed by atoms with Crippen LogP contribution in [0.3, 0.4) is 0 Å². The van der Waals surface area contributed by atoms with Crippen molar-refractivity contribution in [3.05, 3.63) is 24.2 Å². The normalized spacial score (nSPS) is 12.2. The minimum absolute atomic E-state index is 0.00902. The molecule has 0 bridgehead atoms.